The Morgan fingerprint density at radius 1 is 1.21 bits per heavy atom. The molecule has 1 aromatic carbocycles. The number of carbonyl (C=O) groups is 3. The van der Waals surface area contributed by atoms with E-state index in [9.17, 15) is 24.5 Å². The number of hydrogen-bond acceptors (Lipinski definition) is 9. The molecule has 1 heterocycles. The van der Waals surface area contributed by atoms with Crippen molar-refractivity contribution >= 4 is 17.5 Å². The summed E-state index contributed by atoms with van der Waals surface area (Å²) < 4.78 is 21.2. The molecule has 0 fully saturated rings. The van der Waals surface area contributed by atoms with E-state index in [1.165, 1.54) is 19.2 Å². The fraction of sp³-hybridized carbons (Fsp3) is 0.625. The SMILES string of the molecule is CCCC(C)(C)CC(=O)CC(=O)C(C(=O)OCC)[C@H](C[N+](=O)[O-])c1cc(OC)c2c(c1)OCO2. The number of ether oxygens (including phenoxy) is 4. The quantitative estimate of drug-likeness (QED) is 0.169. The predicted molar refractivity (Wildman–Crippen MR) is 122 cm³/mol. The fourth-order valence-electron chi connectivity index (χ4n) is 4.35. The van der Waals surface area contributed by atoms with Crippen LogP contribution in [0.5, 0.6) is 17.2 Å². The molecule has 34 heavy (non-hydrogen) atoms. The highest BCUT2D eigenvalue weighted by molar-refractivity contribution is 6.08. The van der Waals surface area contributed by atoms with Crippen molar-refractivity contribution in [2.45, 2.75) is 59.3 Å². The Bertz CT molecular complexity index is 925. The van der Waals surface area contributed by atoms with E-state index < -0.39 is 41.5 Å². The van der Waals surface area contributed by atoms with Crippen LogP contribution < -0.4 is 14.2 Å². The van der Waals surface area contributed by atoms with Gasteiger partial charge in [0.2, 0.25) is 19.1 Å². The maximum absolute atomic E-state index is 13.3. The first-order valence-electron chi connectivity index (χ1n) is 11.3. The predicted octanol–water partition coefficient (Wildman–Crippen LogP) is 3.71. The minimum atomic E-state index is -1.53. The molecule has 1 aromatic rings. The van der Waals surface area contributed by atoms with Gasteiger partial charge in [-0.05, 0) is 36.5 Å². The largest absolute Gasteiger partial charge is 0.493 e. The molecule has 0 N–H and O–H groups in total. The van der Waals surface area contributed by atoms with E-state index in [4.69, 9.17) is 18.9 Å². The van der Waals surface area contributed by atoms with Gasteiger partial charge in [0.1, 0.15) is 11.7 Å². The molecule has 0 spiro atoms. The van der Waals surface area contributed by atoms with Gasteiger partial charge < -0.3 is 18.9 Å². The minimum Gasteiger partial charge on any atom is -0.493 e. The number of ketones is 2. The molecule has 0 aliphatic carbocycles. The van der Waals surface area contributed by atoms with Crippen molar-refractivity contribution < 1.29 is 38.3 Å². The van der Waals surface area contributed by atoms with Crippen molar-refractivity contribution in [2.75, 3.05) is 27.1 Å². The van der Waals surface area contributed by atoms with Gasteiger partial charge in [-0.2, -0.15) is 0 Å². The Hall–Kier alpha value is -3.17. The van der Waals surface area contributed by atoms with E-state index in [0.29, 0.717) is 5.75 Å². The summed E-state index contributed by atoms with van der Waals surface area (Å²) in [6.07, 6.45) is 1.35. The summed E-state index contributed by atoms with van der Waals surface area (Å²) in [5, 5.41) is 11.5. The van der Waals surface area contributed by atoms with Gasteiger partial charge in [-0.25, -0.2) is 0 Å². The van der Waals surface area contributed by atoms with Crippen LogP contribution in [0.4, 0.5) is 0 Å². The smallest absolute Gasteiger partial charge is 0.317 e. The van der Waals surface area contributed by atoms with Gasteiger partial charge in [-0.15, -0.1) is 0 Å². The van der Waals surface area contributed by atoms with Crippen molar-refractivity contribution in [3.8, 4) is 17.2 Å². The molecule has 0 saturated heterocycles. The third-order valence-electron chi connectivity index (χ3n) is 5.72. The van der Waals surface area contributed by atoms with Crippen molar-refractivity contribution in [2.24, 2.45) is 11.3 Å². The molecule has 0 bridgehead atoms. The van der Waals surface area contributed by atoms with Crippen LogP contribution in [0.1, 0.15) is 64.9 Å². The maximum Gasteiger partial charge on any atom is 0.317 e. The van der Waals surface area contributed by atoms with Crippen LogP contribution in [-0.2, 0) is 19.1 Å². The van der Waals surface area contributed by atoms with E-state index in [0.717, 1.165) is 12.8 Å². The van der Waals surface area contributed by atoms with Gasteiger partial charge in [0.05, 0.1) is 26.1 Å². The number of esters is 1. The van der Waals surface area contributed by atoms with E-state index in [2.05, 4.69) is 0 Å². The lowest BCUT2D eigenvalue weighted by Gasteiger charge is -2.25. The summed E-state index contributed by atoms with van der Waals surface area (Å²) in [4.78, 5) is 49.8. The molecule has 1 unspecified atom stereocenters. The summed E-state index contributed by atoms with van der Waals surface area (Å²) in [5.41, 5.74) is -0.0147. The molecule has 0 saturated carbocycles. The lowest BCUT2D eigenvalue weighted by Crippen LogP contribution is -2.36. The molecule has 1 aliphatic heterocycles. The van der Waals surface area contributed by atoms with Crippen LogP contribution >= 0.6 is 0 Å². The van der Waals surface area contributed by atoms with Crippen LogP contribution in [0.15, 0.2) is 12.1 Å². The third-order valence-corrected chi connectivity index (χ3v) is 5.72. The second-order valence-electron chi connectivity index (χ2n) is 9.08. The number of fused-ring (bicyclic) bond motifs is 1. The van der Waals surface area contributed by atoms with E-state index >= 15 is 0 Å². The number of benzene rings is 1. The van der Waals surface area contributed by atoms with Crippen LogP contribution in [0.3, 0.4) is 0 Å². The van der Waals surface area contributed by atoms with Crippen molar-refractivity contribution in [1.29, 1.82) is 0 Å². The standard InChI is InChI=1S/C24H33NO9/c1-6-8-24(3,4)12-16(26)11-18(27)21(23(28)32-7-2)17(13-25(29)30)15-9-19(31-5)22-20(10-15)33-14-34-22/h9-10,17,21H,6-8,11-14H2,1-5H3/t17-,21?/m1/s1. The molecular formula is C24H33NO9. The molecule has 2 atom stereocenters. The molecule has 10 nitrogen and oxygen atoms in total. The molecule has 2 rings (SSSR count). The number of rotatable bonds is 14. The summed E-state index contributed by atoms with van der Waals surface area (Å²) in [6.45, 7) is 6.66. The summed E-state index contributed by atoms with van der Waals surface area (Å²) in [7, 11) is 1.40. The number of nitro groups is 1. The van der Waals surface area contributed by atoms with E-state index in [-0.39, 0.29) is 48.1 Å². The van der Waals surface area contributed by atoms with Crippen LogP contribution in [0.2, 0.25) is 0 Å². The third kappa shape index (κ3) is 6.91. The monoisotopic (exact) mass is 479 g/mol. The van der Waals surface area contributed by atoms with Crippen molar-refractivity contribution in [3.05, 3.63) is 27.8 Å². The van der Waals surface area contributed by atoms with Gasteiger partial charge in [-0.3, -0.25) is 24.5 Å². The van der Waals surface area contributed by atoms with Crippen molar-refractivity contribution in [3.63, 3.8) is 0 Å². The molecule has 0 aromatic heterocycles. The Morgan fingerprint density at radius 3 is 2.50 bits per heavy atom. The van der Waals surface area contributed by atoms with Crippen LogP contribution in [-0.4, -0.2) is 49.5 Å². The molecule has 188 valence electrons. The van der Waals surface area contributed by atoms with Crippen LogP contribution in [0.25, 0.3) is 0 Å². The first-order valence-corrected chi connectivity index (χ1v) is 11.3. The average Bonchev–Trinajstić information content (AvgIpc) is 3.20. The number of Topliss-reactive ketones (excluding diaryl/α,β-unsaturated/α-hetero) is 2. The molecule has 1 aliphatic rings. The number of nitrogens with zero attached hydrogens (tertiary/aromatic N) is 1. The average molecular weight is 480 g/mol. The maximum atomic E-state index is 13.3. The Kier molecular flexibility index (Phi) is 9.40. The lowest BCUT2D eigenvalue weighted by molar-refractivity contribution is -0.484. The molecular weight excluding hydrogens is 446 g/mol. The number of methoxy groups -OCH3 is 1. The Morgan fingerprint density at radius 2 is 1.91 bits per heavy atom. The van der Waals surface area contributed by atoms with Gasteiger partial charge >= 0.3 is 5.97 Å². The fourth-order valence-corrected chi connectivity index (χ4v) is 4.35. The topological polar surface area (TPSA) is 131 Å². The zero-order valence-electron chi connectivity index (χ0n) is 20.4. The number of hydrogen-bond donors (Lipinski definition) is 0. The summed E-state index contributed by atoms with van der Waals surface area (Å²) in [5.74, 6) is -3.79. The Balaban J connectivity index is 2.43. The van der Waals surface area contributed by atoms with Gasteiger partial charge in [-0.1, -0.05) is 27.2 Å². The zero-order chi connectivity index (χ0) is 25.5. The van der Waals surface area contributed by atoms with Crippen molar-refractivity contribution in [1.82, 2.24) is 0 Å². The van der Waals surface area contributed by atoms with Gasteiger partial charge in [0.25, 0.3) is 0 Å². The summed E-state index contributed by atoms with van der Waals surface area (Å²) >= 11 is 0. The summed E-state index contributed by atoms with van der Waals surface area (Å²) in [6, 6.07) is 2.97. The zero-order valence-corrected chi connectivity index (χ0v) is 20.4. The molecule has 10 heteroatoms. The molecule has 0 radical (unpaired) electrons. The highest BCUT2D eigenvalue weighted by Crippen LogP contribution is 2.44. The normalized spacial score (nSPS) is 14.3. The van der Waals surface area contributed by atoms with Gasteiger partial charge in [0, 0.05) is 11.3 Å². The lowest BCUT2D eigenvalue weighted by atomic mass is 9.78. The van der Waals surface area contributed by atoms with E-state index in [1.54, 1.807) is 6.92 Å². The molecule has 0 amide bonds. The first kappa shape index (κ1) is 27.1. The Labute approximate surface area is 199 Å². The second-order valence-corrected chi connectivity index (χ2v) is 9.08. The highest BCUT2D eigenvalue weighted by atomic mass is 16.7. The first-order chi connectivity index (χ1) is 16.0. The van der Waals surface area contributed by atoms with Crippen LogP contribution in [0, 0.1) is 21.4 Å². The minimum absolute atomic E-state index is 0.0181. The highest BCUT2D eigenvalue weighted by Gasteiger charge is 2.42. The second kappa shape index (κ2) is 11.8. The van der Waals surface area contributed by atoms with Gasteiger partial charge in [0.15, 0.2) is 17.3 Å². The number of carbonyl (C=O) groups excluding carboxylic acids is 3. The van der Waals surface area contributed by atoms with E-state index in [1.807, 2.05) is 20.8 Å².